The van der Waals surface area contributed by atoms with Gasteiger partial charge in [-0.05, 0) is 67.4 Å². The van der Waals surface area contributed by atoms with Crippen molar-refractivity contribution in [3.63, 3.8) is 0 Å². The zero-order valence-electron chi connectivity index (χ0n) is 15.7. The Morgan fingerprint density at radius 3 is 2.41 bits per heavy atom. The summed E-state index contributed by atoms with van der Waals surface area (Å²) in [7, 11) is -4.00. The Morgan fingerprint density at radius 2 is 1.69 bits per heavy atom. The average Bonchev–Trinajstić information content (AvgIpc) is 2.64. The van der Waals surface area contributed by atoms with Crippen molar-refractivity contribution in [1.82, 2.24) is 0 Å². The van der Waals surface area contributed by atoms with Gasteiger partial charge in [-0.15, -0.1) is 0 Å². The zero-order chi connectivity index (χ0) is 21.2. The number of carbonyl (C=O) groups is 1. The van der Waals surface area contributed by atoms with Crippen molar-refractivity contribution in [3.05, 3.63) is 87.4 Å². The third-order valence-electron chi connectivity index (χ3n) is 4.20. The van der Waals surface area contributed by atoms with E-state index in [2.05, 4.69) is 10.0 Å². The number of benzene rings is 3. The summed E-state index contributed by atoms with van der Waals surface area (Å²) in [5.41, 5.74) is 2.78. The molecular weight excluding hydrogens is 431 g/mol. The third kappa shape index (κ3) is 5.09. The van der Waals surface area contributed by atoms with Crippen LogP contribution in [0.1, 0.15) is 21.5 Å². The van der Waals surface area contributed by atoms with E-state index in [0.29, 0.717) is 16.4 Å². The summed E-state index contributed by atoms with van der Waals surface area (Å²) < 4.78 is 28.4. The number of carbonyl (C=O) groups excluding carboxylic acids is 1. The molecule has 8 heteroatoms. The van der Waals surface area contributed by atoms with Crippen LogP contribution >= 0.6 is 23.2 Å². The number of hydrogen-bond acceptors (Lipinski definition) is 3. The van der Waals surface area contributed by atoms with Crippen LogP contribution in [-0.4, -0.2) is 14.3 Å². The molecule has 0 aromatic heterocycles. The van der Waals surface area contributed by atoms with Gasteiger partial charge in [-0.3, -0.25) is 9.52 Å². The molecule has 0 aliphatic carbocycles. The van der Waals surface area contributed by atoms with E-state index in [4.69, 9.17) is 23.2 Å². The van der Waals surface area contributed by atoms with Gasteiger partial charge in [-0.1, -0.05) is 41.4 Å². The maximum absolute atomic E-state index is 12.9. The van der Waals surface area contributed by atoms with Crippen molar-refractivity contribution in [2.24, 2.45) is 0 Å². The highest BCUT2D eigenvalue weighted by molar-refractivity contribution is 7.92. The number of rotatable bonds is 5. The summed E-state index contributed by atoms with van der Waals surface area (Å²) >= 11 is 12.1. The fraction of sp³-hybridized carbons (Fsp3) is 0.0952. The molecule has 0 radical (unpaired) electrons. The smallest absolute Gasteiger partial charge is 0.263 e. The van der Waals surface area contributed by atoms with Crippen molar-refractivity contribution < 1.29 is 13.2 Å². The first-order valence-electron chi connectivity index (χ1n) is 8.62. The van der Waals surface area contributed by atoms with Crippen LogP contribution in [0.4, 0.5) is 11.4 Å². The van der Waals surface area contributed by atoms with E-state index in [1.54, 1.807) is 37.3 Å². The van der Waals surface area contributed by atoms with Crippen LogP contribution in [0.3, 0.4) is 0 Å². The van der Waals surface area contributed by atoms with Crippen molar-refractivity contribution in [2.45, 2.75) is 18.7 Å². The highest BCUT2D eigenvalue weighted by Gasteiger charge is 2.21. The van der Waals surface area contributed by atoms with E-state index in [1.807, 2.05) is 19.1 Å². The molecule has 3 rings (SSSR count). The minimum atomic E-state index is -4.00. The van der Waals surface area contributed by atoms with E-state index in [-0.39, 0.29) is 15.5 Å². The van der Waals surface area contributed by atoms with Gasteiger partial charge in [0.1, 0.15) is 4.90 Å². The van der Waals surface area contributed by atoms with Crippen molar-refractivity contribution in [1.29, 1.82) is 0 Å². The Hall–Kier alpha value is -2.54. The first-order chi connectivity index (χ1) is 13.7. The molecule has 0 heterocycles. The monoisotopic (exact) mass is 448 g/mol. The molecule has 0 unspecified atom stereocenters. The summed E-state index contributed by atoms with van der Waals surface area (Å²) in [6, 6.07) is 16.2. The number of halogens is 2. The minimum Gasteiger partial charge on any atom is -0.322 e. The molecule has 1 amide bonds. The van der Waals surface area contributed by atoms with Crippen LogP contribution in [0.2, 0.25) is 10.0 Å². The fourth-order valence-corrected chi connectivity index (χ4v) is 4.50. The molecule has 0 fully saturated rings. The summed E-state index contributed by atoms with van der Waals surface area (Å²) in [5, 5.41) is 3.17. The molecule has 3 aromatic carbocycles. The van der Waals surface area contributed by atoms with Gasteiger partial charge in [0.2, 0.25) is 0 Å². The van der Waals surface area contributed by atoms with Gasteiger partial charge in [0.15, 0.2) is 0 Å². The lowest BCUT2D eigenvalue weighted by Crippen LogP contribution is -2.17. The number of nitrogens with one attached hydrogen (secondary N) is 2. The van der Waals surface area contributed by atoms with Gasteiger partial charge in [0.25, 0.3) is 15.9 Å². The summed E-state index contributed by atoms with van der Waals surface area (Å²) in [6.45, 7) is 3.67. The van der Waals surface area contributed by atoms with Gasteiger partial charge >= 0.3 is 0 Å². The molecular formula is C21H18Cl2N2O3S. The first-order valence-corrected chi connectivity index (χ1v) is 10.9. The maximum atomic E-state index is 12.9. The topological polar surface area (TPSA) is 75.3 Å². The van der Waals surface area contributed by atoms with E-state index in [9.17, 15) is 13.2 Å². The molecule has 0 spiro atoms. The van der Waals surface area contributed by atoms with E-state index >= 15 is 0 Å². The maximum Gasteiger partial charge on any atom is 0.263 e. The number of anilines is 2. The molecule has 0 saturated carbocycles. The Labute approximate surface area is 179 Å². The molecule has 2 N–H and O–H groups in total. The second-order valence-electron chi connectivity index (χ2n) is 6.53. The van der Waals surface area contributed by atoms with Crippen molar-refractivity contribution in [2.75, 3.05) is 10.0 Å². The lowest BCUT2D eigenvalue weighted by Gasteiger charge is -2.13. The second-order valence-corrected chi connectivity index (χ2v) is 9.03. The normalized spacial score (nSPS) is 11.2. The highest BCUT2D eigenvalue weighted by Crippen LogP contribution is 2.27. The van der Waals surface area contributed by atoms with Gasteiger partial charge in [0, 0.05) is 16.3 Å². The number of amides is 1. The van der Waals surface area contributed by atoms with E-state index < -0.39 is 15.9 Å². The van der Waals surface area contributed by atoms with Crippen molar-refractivity contribution in [3.8, 4) is 0 Å². The predicted octanol–water partition coefficient (Wildman–Crippen LogP) is 5.66. The third-order valence-corrected chi connectivity index (χ3v) is 6.28. The SMILES string of the molecule is Cc1ccc(C)c(NS(=O)(=O)c2cc(C(=O)Nc3cccc(Cl)c3)ccc2Cl)c1. The average molecular weight is 449 g/mol. The Balaban J connectivity index is 1.91. The molecule has 0 bridgehead atoms. The first kappa shape index (κ1) is 21.2. The van der Waals surface area contributed by atoms with Gasteiger partial charge in [-0.25, -0.2) is 8.42 Å². The predicted molar refractivity (Wildman–Crippen MR) is 118 cm³/mol. The molecule has 5 nitrogen and oxygen atoms in total. The molecule has 29 heavy (non-hydrogen) atoms. The van der Waals surface area contributed by atoms with Gasteiger partial charge < -0.3 is 5.32 Å². The van der Waals surface area contributed by atoms with Gasteiger partial charge in [0.05, 0.1) is 10.7 Å². The van der Waals surface area contributed by atoms with Crippen LogP contribution in [0.15, 0.2) is 65.6 Å². The summed E-state index contributed by atoms with van der Waals surface area (Å²) in [5.74, 6) is -0.480. The summed E-state index contributed by atoms with van der Waals surface area (Å²) in [6.07, 6.45) is 0. The van der Waals surface area contributed by atoms with Gasteiger partial charge in [-0.2, -0.15) is 0 Å². The standard InChI is InChI=1S/C21H18Cl2N2O3S/c1-13-6-7-14(2)19(10-13)25-29(27,28)20-11-15(8-9-18(20)23)21(26)24-17-5-3-4-16(22)12-17/h3-12,25H,1-2H3,(H,24,26). The van der Waals surface area contributed by atoms with Crippen LogP contribution in [0.25, 0.3) is 0 Å². The Kier molecular flexibility index (Phi) is 6.17. The number of sulfonamides is 1. The molecule has 0 atom stereocenters. The quantitative estimate of drug-likeness (QED) is 0.528. The lowest BCUT2D eigenvalue weighted by atomic mass is 10.1. The second kappa shape index (κ2) is 8.45. The van der Waals surface area contributed by atoms with Crippen LogP contribution in [0.5, 0.6) is 0 Å². The molecule has 3 aromatic rings. The van der Waals surface area contributed by atoms with E-state index in [0.717, 1.165) is 11.1 Å². The van der Waals surface area contributed by atoms with Crippen LogP contribution in [0, 0.1) is 13.8 Å². The Bertz CT molecular complexity index is 1190. The molecule has 0 saturated heterocycles. The number of aryl methyl sites for hydroxylation is 2. The molecule has 0 aliphatic rings. The molecule has 150 valence electrons. The molecule has 0 aliphatic heterocycles. The largest absolute Gasteiger partial charge is 0.322 e. The Morgan fingerprint density at radius 1 is 0.931 bits per heavy atom. The van der Waals surface area contributed by atoms with E-state index in [1.165, 1.54) is 18.2 Å². The van der Waals surface area contributed by atoms with Crippen LogP contribution in [-0.2, 0) is 10.0 Å². The summed E-state index contributed by atoms with van der Waals surface area (Å²) in [4.78, 5) is 12.4. The van der Waals surface area contributed by atoms with Crippen molar-refractivity contribution >= 4 is 50.5 Å². The highest BCUT2D eigenvalue weighted by atomic mass is 35.5. The lowest BCUT2D eigenvalue weighted by molar-refractivity contribution is 0.102. The minimum absolute atomic E-state index is 0.0158. The zero-order valence-corrected chi connectivity index (χ0v) is 18.0. The number of hydrogen-bond donors (Lipinski definition) is 2. The fourth-order valence-electron chi connectivity index (χ4n) is 2.67. The van der Waals surface area contributed by atoms with Crippen LogP contribution < -0.4 is 10.0 Å².